The molecule has 0 aliphatic carbocycles. The minimum atomic E-state index is 0.156. The summed E-state index contributed by atoms with van der Waals surface area (Å²) in [5.41, 5.74) is 2.03. The van der Waals surface area contributed by atoms with Crippen LogP contribution >= 0.6 is 11.6 Å². The number of halogens is 1. The Bertz CT molecular complexity index is 451. The number of hydrogen-bond donors (Lipinski definition) is 0. The highest BCUT2D eigenvalue weighted by molar-refractivity contribution is 6.20. The Morgan fingerprint density at radius 3 is 2.87 bits per heavy atom. The third kappa shape index (κ3) is 2.26. The van der Waals surface area contributed by atoms with Crippen LogP contribution in [0.4, 0.5) is 0 Å². The van der Waals surface area contributed by atoms with E-state index in [1.54, 1.807) is 6.33 Å². The molecular formula is C12H13ClN2. The van der Waals surface area contributed by atoms with E-state index in [9.17, 15) is 0 Å². The van der Waals surface area contributed by atoms with E-state index in [1.807, 2.05) is 24.3 Å². The van der Waals surface area contributed by atoms with Crippen molar-refractivity contribution in [1.82, 2.24) is 9.97 Å². The average molecular weight is 221 g/mol. The molecule has 0 aliphatic rings. The quantitative estimate of drug-likeness (QED) is 0.743. The molecule has 2 aromatic rings. The molecule has 2 rings (SSSR count). The number of aromatic nitrogens is 2. The molecule has 15 heavy (non-hydrogen) atoms. The number of para-hydroxylation sites is 1. The molecular weight excluding hydrogens is 208 g/mol. The maximum absolute atomic E-state index is 6.14. The van der Waals surface area contributed by atoms with Gasteiger partial charge in [0.05, 0.1) is 11.2 Å². The zero-order chi connectivity index (χ0) is 10.7. The average Bonchev–Trinajstić information content (AvgIpc) is 2.29. The Balaban J connectivity index is 2.42. The van der Waals surface area contributed by atoms with Crippen LogP contribution in [0.5, 0.6) is 0 Å². The van der Waals surface area contributed by atoms with Crippen LogP contribution in [0.15, 0.2) is 30.6 Å². The van der Waals surface area contributed by atoms with Crippen molar-refractivity contribution in [3.05, 3.63) is 36.3 Å². The maximum Gasteiger partial charge on any atom is 0.116 e. The van der Waals surface area contributed by atoms with Gasteiger partial charge in [0.25, 0.3) is 0 Å². The number of hydrogen-bond acceptors (Lipinski definition) is 2. The molecule has 1 unspecified atom stereocenters. The molecule has 0 amide bonds. The summed E-state index contributed by atoms with van der Waals surface area (Å²) in [6, 6.07) is 8.03. The van der Waals surface area contributed by atoms with E-state index in [4.69, 9.17) is 11.6 Å². The van der Waals surface area contributed by atoms with Gasteiger partial charge in [-0.25, -0.2) is 9.97 Å². The van der Waals surface area contributed by atoms with Crippen LogP contribution in [0.1, 0.15) is 19.0 Å². The van der Waals surface area contributed by atoms with E-state index in [2.05, 4.69) is 16.9 Å². The Hall–Kier alpha value is -1.15. The standard InChI is InChI=1S/C12H13ClN2/c1-2-9(13)7-12-10-5-3-4-6-11(10)14-8-15-12/h3-6,8-9H,2,7H2,1H3. The molecule has 0 N–H and O–H groups in total. The van der Waals surface area contributed by atoms with Gasteiger partial charge >= 0.3 is 0 Å². The molecule has 2 nitrogen and oxygen atoms in total. The lowest BCUT2D eigenvalue weighted by atomic mass is 10.1. The van der Waals surface area contributed by atoms with E-state index in [0.717, 1.165) is 29.4 Å². The van der Waals surface area contributed by atoms with Gasteiger partial charge < -0.3 is 0 Å². The fraction of sp³-hybridized carbons (Fsp3) is 0.333. The Labute approximate surface area is 94.3 Å². The first-order chi connectivity index (χ1) is 7.31. The van der Waals surface area contributed by atoms with Crippen LogP contribution in [0, 0.1) is 0 Å². The Morgan fingerprint density at radius 1 is 1.27 bits per heavy atom. The first-order valence-corrected chi connectivity index (χ1v) is 5.57. The topological polar surface area (TPSA) is 25.8 Å². The summed E-state index contributed by atoms with van der Waals surface area (Å²) in [6.07, 6.45) is 3.37. The highest BCUT2D eigenvalue weighted by atomic mass is 35.5. The third-order valence-electron chi connectivity index (χ3n) is 2.48. The van der Waals surface area contributed by atoms with Gasteiger partial charge in [-0.1, -0.05) is 25.1 Å². The van der Waals surface area contributed by atoms with Gasteiger partial charge in [0.2, 0.25) is 0 Å². The molecule has 1 heterocycles. The van der Waals surface area contributed by atoms with Crippen LogP contribution in [0.3, 0.4) is 0 Å². The smallest absolute Gasteiger partial charge is 0.116 e. The summed E-state index contributed by atoms with van der Waals surface area (Å²) in [5, 5.41) is 1.27. The van der Waals surface area contributed by atoms with Gasteiger partial charge in [-0.2, -0.15) is 0 Å². The fourth-order valence-corrected chi connectivity index (χ4v) is 1.72. The van der Waals surface area contributed by atoms with E-state index in [0.29, 0.717) is 0 Å². The predicted molar refractivity (Wildman–Crippen MR) is 63.2 cm³/mol. The lowest BCUT2D eigenvalue weighted by Crippen LogP contribution is -2.04. The maximum atomic E-state index is 6.14. The van der Waals surface area contributed by atoms with Crippen molar-refractivity contribution < 1.29 is 0 Å². The summed E-state index contributed by atoms with van der Waals surface area (Å²) in [5.74, 6) is 0. The molecule has 0 saturated carbocycles. The van der Waals surface area contributed by atoms with E-state index < -0.39 is 0 Å². The normalized spacial score (nSPS) is 12.9. The van der Waals surface area contributed by atoms with Gasteiger partial charge in [-0.15, -0.1) is 11.6 Å². The number of rotatable bonds is 3. The van der Waals surface area contributed by atoms with Gasteiger partial charge in [0, 0.05) is 17.2 Å². The summed E-state index contributed by atoms with van der Waals surface area (Å²) in [7, 11) is 0. The zero-order valence-corrected chi connectivity index (χ0v) is 9.41. The highest BCUT2D eigenvalue weighted by Gasteiger charge is 2.07. The minimum absolute atomic E-state index is 0.156. The summed E-state index contributed by atoms with van der Waals surface area (Å²) < 4.78 is 0. The Morgan fingerprint density at radius 2 is 2.07 bits per heavy atom. The van der Waals surface area contributed by atoms with Crippen molar-refractivity contribution >= 4 is 22.5 Å². The lowest BCUT2D eigenvalue weighted by Gasteiger charge is -2.07. The van der Waals surface area contributed by atoms with Gasteiger partial charge in [0.1, 0.15) is 6.33 Å². The van der Waals surface area contributed by atoms with Crippen molar-refractivity contribution in [2.75, 3.05) is 0 Å². The van der Waals surface area contributed by atoms with Crippen LogP contribution in [0.25, 0.3) is 10.9 Å². The van der Waals surface area contributed by atoms with Gasteiger partial charge in [-0.3, -0.25) is 0 Å². The van der Waals surface area contributed by atoms with Crippen molar-refractivity contribution in [2.24, 2.45) is 0 Å². The fourth-order valence-electron chi connectivity index (χ4n) is 1.58. The van der Waals surface area contributed by atoms with Crippen LogP contribution < -0.4 is 0 Å². The van der Waals surface area contributed by atoms with Crippen molar-refractivity contribution in [2.45, 2.75) is 25.1 Å². The van der Waals surface area contributed by atoms with Crippen molar-refractivity contribution in [1.29, 1.82) is 0 Å². The molecule has 78 valence electrons. The van der Waals surface area contributed by atoms with E-state index in [-0.39, 0.29) is 5.38 Å². The largest absolute Gasteiger partial charge is 0.241 e. The van der Waals surface area contributed by atoms with Gasteiger partial charge in [-0.05, 0) is 12.5 Å². The molecule has 0 spiro atoms. The second kappa shape index (κ2) is 4.58. The molecule has 1 aromatic heterocycles. The zero-order valence-electron chi connectivity index (χ0n) is 8.65. The molecule has 0 aliphatic heterocycles. The van der Waals surface area contributed by atoms with Crippen LogP contribution in [0.2, 0.25) is 0 Å². The number of benzene rings is 1. The van der Waals surface area contributed by atoms with Gasteiger partial charge in [0.15, 0.2) is 0 Å². The molecule has 1 atom stereocenters. The highest BCUT2D eigenvalue weighted by Crippen LogP contribution is 2.17. The predicted octanol–water partition coefficient (Wildman–Crippen LogP) is 3.19. The monoisotopic (exact) mass is 220 g/mol. The summed E-state index contributed by atoms with van der Waals surface area (Å²) >= 11 is 6.14. The van der Waals surface area contributed by atoms with Crippen molar-refractivity contribution in [3.63, 3.8) is 0 Å². The first kappa shape index (κ1) is 10.4. The summed E-state index contributed by atoms with van der Waals surface area (Å²) in [6.45, 7) is 2.08. The molecule has 0 radical (unpaired) electrons. The van der Waals surface area contributed by atoms with Crippen molar-refractivity contribution in [3.8, 4) is 0 Å². The molecule has 1 aromatic carbocycles. The minimum Gasteiger partial charge on any atom is -0.241 e. The van der Waals surface area contributed by atoms with Crippen LogP contribution in [-0.4, -0.2) is 15.3 Å². The number of nitrogens with zero attached hydrogens (tertiary/aromatic N) is 2. The molecule has 0 fully saturated rings. The van der Waals surface area contributed by atoms with E-state index >= 15 is 0 Å². The molecule has 0 saturated heterocycles. The second-order valence-electron chi connectivity index (χ2n) is 3.55. The number of fused-ring (bicyclic) bond motifs is 1. The molecule has 0 bridgehead atoms. The third-order valence-corrected chi connectivity index (χ3v) is 2.95. The lowest BCUT2D eigenvalue weighted by molar-refractivity contribution is 0.789. The Kier molecular flexibility index (Phi) is 3.17. The second-order valence-corrected chi connectivity index (χ2v) is 4.16. The first-order valence-electron chi connectivity index (χ1n) is 5.14. The van der Waals surface area contributed by atoms with Crippen LogP contribution in [-0.2, 0) is 6.42 Å². The molecule has 3 heteroatoms. The number of alkyl halides is 1. The summed E-state index contributed by atoms with van der Waals surface area (Å²) in [4.78, 5) is 8.52. The van der Waals surface area contributed by atoms with E-state index in [1.165, 1.54) is 0 Å². The SMILES string of the molecule is CCC(Cl)Cc1ncnc2ccccc12.